The normalized spacial score (nSPS) is 18.4. The molecule has 0 bridgehead atoms. The van der Waals surface area contributed by atoms with Crippen molar-refractivity contribution in [3.8, 4) is 0 Å². The number of hydrazine groups is 1. The molecule has 1 heterocycles. The summed E-state index contributed by atoms with van der Waals surface area (Å²) in [6.07, 6.45) is 1.68. The average Bonchev–Trinajstić information content (AvgIpc) is 2.40. The van der Waals surface area contributed by atoms with Gasteiger partial charge < -0.3 is 15.6 Å². The molecule has 1 atom stereocenters. The second kappa shape index (κ2) is 10.4. The molecule has 0 aliphatic carbocycles. The molecular formula is C11H21ClN4O4. The van der Waals surface area contributed by atoms with Crippen LogP contribution in [-0.4, -0.2) is 59.2 Å². The van der Waals surface area contributed by atoms with E-state index in [2.05, 4.69) is 4.74 Å². The van der Waals surface area contributed by atoms with E-state index in [0.717, 1.165) is 24.2 Å². The highest BCUT2D eigenvalue weighted by Crippen LogP contribution is 2.16. The van der Waals surface area contributed by atoms with E-state index in [9.17, 15) is 9.59 Å². The van der Waals surface area contributed by atoms with Gasteiger partial charge in [0, 0.05) is 24.7 Å². The van der Waals surface area contributed by atoms with Crippen LogP contribution in [0.2, 0.25) is 0 Å². The molecule has 0 aromatic heterocycles. The van der Waals surface area contributed by atoms with Gasteiger partial charge in [0.2, 0.25) is 0 Å². The summed E-state index contributed by atoms with van der Waals surface area (Å²) < 4.78 is 4.17. The Hall–Kier alpha value is -1.38. The number of ether oxygens (including phenoxy) is 1. The minimum atomic E-state index is -1.11. The fourth-order valence-corrected chi connectivity index (χ4v) is 1.91. The van der Waals surface area contributed by atoms with Crippen molar-refractivity contribution < 1.29 is 19.4 Å². The molecule has 8 nitrogen and oxygen atoms in total. The number of carbonyl (C=O) groups excluding carboxylic acids is 1. The maximum absolute atomic E-state index is 10.7. The van der Waals surface area contributed by atoms with Crippen LogP contribution in [0.5, 0.6) is 0 Å². The van der Waals surface area contributed by atoms with Crippen molar-refractivity contribution in [2.45, 2.75) is 19.8 Å². The summed E-state index contributed by atoms with van der Waals surface area (Å²) in [7, 11) is 0. The summed E-state index contributed by atoms with van der Waals surface area (Å²) in [5.41, 5.74) is 4.80. The van der Waals surface area contributed by atoms with Crippen molar-refractivity contribution in [3.05, 3.63) is 0 Å². The first kappa shape index (κ1) is 18.6. The molecule has 0 radical (unpaired) electrons. The van der Waals surface area contributed by atoms with E-state index in [0.29, 0.717) is 32.2 Å². The zero-order valence-electron chi connectivity index (χ0n) is 11.4. The van der Waals surface area contributed by atoms with Crippen molar-refractivity contribution in [1.82, 2.24) is 10.0 Å². The highest BCUT2D eigenvalue weighted by atomic mass is 35.5. The Labute approximate surface area is 122 Å². The molecule has 0 spiro atoms. The lowest BCUT2D eigenvalue weighted by atomic mass is 9.99. The summed E-state index contributed by atoms with van der Waals surface area (Å²) >= 11 is 4.72. The van der Waals surface area contributed by atoms with Crippen molar-refractivity contribution in [2.24, 2.45) is 11.7 Å². The number of nitrogens with zero attached hydrogens (tertiary/aromatic N) is 2. The van der Waals surface area contributed by atoms with Crippen molar-refractivity contribution in [3.63, 3.8) is 0 Å². The van der Waals surface area contributed by atoms with Gasteiger partial charge in [-0.1, -0.05) is 0 Å². The predicted molar refractivity (Wildman–Crippen MR) is 74.9 cm³/mol. The standard InChI is InChI=1S/C8H16N4O2.C3H5ClO2/c9-4-7-2-1-3-11(5-7)12(6-10)8(13)14;1-2-6-3(4)5/h6-7,10H,1-5,9H2,(H,13,14);2H2,1H3/t7-;/m0./s1. The maximum Gasteiger partial charge on any atom is 0.427 e. The third-order valence-electron chi connectivity index (χ3n) is 2.71. The van der Waals surface area contributed by atoms with Crippen LogP contribution >= 0.6 is 11.6 Å². The summed E-state index contributed by atoms with van der Waals surface area (Å²) in [5.74, 6) is 0.338. The monoisotopic (exact) mass is 308 g/mol. The van der Waals surface area contributed by atoms with E-state index < -0.39 is 11.5 Å². The van der Waals surface area contributed by atoms with Gasteiger partial charge in [-0.15, -0.1) is 0 Å². The van der Waals surface area contributed by atoms with Gasteiger partial charge in [0.05, 0.1) is 6.61 Å². The molecule has 1 fully saturated rings. The third kappa shape index (κ3) is 7.27. The first-order chi connectivity index (χ1) is 9.46. The lowest BCUT2D eigenvalue weighted by Crippen LogP contribution is -2.50. The molecule has 1 aliphatic heterocycles. The molecule has 1 aliphatic rings. The minimum absolute atomic E-state index is 0.338. The smallest absolute Gasteiger partial charge is 0.427 e. The molecule has 0 aromatic carbocycles. The minimum Gasteiger partial charge on any atom is -0.464 e. The SMILES string of the molecule is CCOC(=O)Cl.N=CN(C(=O)O)N1CCC[C@@H](CN)C1. The van der Waals surface area contributed by atoms with Gasteiger partial charge in [0.15, 0.2) is 0 Å². The van der Waals surface area contributed by atoms with E-state index >= 15 is 0 Å². The Balaban J connectivity index is 0.000000511. The van der Waals surface area contributed by atoms with E-state index in [4.69, 9.17) is 27.9 Å². The zero-order valence-corrected chi connectivity index (χ0v) is 12.2. The summed E-state index contributed by atoms with van der Waals surface area (Å²) in [4.78, 5) is 20.3. The fourth-order valence-electron chi connectivity index (χ4n) is 1.80. The van der Waals surface area contributed by atoms with Crippen LogP contribution in [0.15, 0.2) is 0 Å². The van der Waals surface area contributed by atoms with Gasteiger partial charge in [0.1, 0.15) is 6.34 Å². The molecule has 0 unspecified atom stereocenters. The van der Waals surface area contributed by atoms with Gasteiger partial charge in [-0.05, 0) is 32.2 Å². The van der Waals surface area contributed by atoms with E-state index in [1.54, 1.807) is 11.9 Å². The maximum atomic E-state index is 10.7. The first-order valence-electron chi connectivity index (χ1n) is 6.26. The predicted octanol–water partition coefficient (Wildman–Crippen LogP) is 1.54. The Morgan fingerprint density at radius 2 is 2.30 bits per heavy atom. The van der Waals surface area contributed by atoms with Crippen molar-refractivity contribution >= 4 is 29.5 Å². The molecule has 0 aromatic rings. The zero-order chi connectivity index (χ0) is 15.5. The Bertz CT molecular complexity index is 330. The van der Waals surface area contributed by atoms with Crippen molar-refractivity contribution in [2.75, 3.05) is 26.2 Å². The third-order valence-corrected chi connectivity index (χ3v) is 2.82. The quantitative estimate of drug-likeness (QED) is 0.411. The van der Waals surface area contributed by atoms with Gasteiger partial charge in [-0.2, -0.15) is 5.01 Å². The fraction of sp³-hybridized carbons (Fsp3) is 0.727. The average molecular weight is 309 g/mol. The molecule has 1 saturated heterocycles. The van der Waals surface area contributed by atoms with Crippen LogP contribution in [0.4, 0.5) is 9.59 Å². The van der Waals surface area contributed by atoms with E-state index in [1.807, 2.05) is 0 Å². The molecule has 1 rings (SSSR count). The van der Waals surface area contributed by atoms with Crippen molar-refractivity contribution in [1.29, 1.82) is 5.41 Å². The van der Waals surface area contributed by atoms with Crippen LogP contribution in [0.3, 0.4) is 0 Å². The summed E-state index contributed by atoms with van der Waals surface area (Å²) in [6, 6.07) is 0. The highest BCUT2D eigenvalue weighted by molar-refractivity contribution is 6.61. The Kier molecular flexibility index (Phi) is 9.69. The van der Waals surface area contributed by atoms with Crippen LogP contribution < -0.4 is 5.73 Å². The lowest BCUT2D eigenvalue weighted by molar-refractivity contribution is 0.0164. The number of carbonyl (C=O) groups is 2. The van der Waals surface area contributed by atoms with Crippen LogP contribution in [0.1, 0.15) is 19.8 Å². The van der Waals surface area contributed by atoms with Gasteiger partial charge in [0.25, 0.3) is 0 Å². The lowest BCUT2D eigenvalue weighted by Gasteiger charge is -2.36. The molecule has 4 N–H and O–H groups in total. The summed E-state index contributed by atoms with van der Waals surface area (Å²) in [6.45, 7) is 3.92. The Morgan fingerprint density at radius 1 is 1.65 bits per heavy atom. The van der Waals surface area contributed by atoms with E-state index in [1.165, 1.54) is 0 Å². The largest absolute Gasteiger partial charge is 0.464 e. The van der Waals surface area contributed by atoms with Crippen LogP contribution in [0, 0.1) is 11.3 Å². The molecule has 0 saturated carbocycles. The van der Waals surface area contributed by atoms with Crippen LogP contribution in [0.25, 0.3) is 0 Å². The molecule has 20 heavy (non-hydrogen) atoms. The van der Waals surface area contributed by atoms with Gasteiger partial charge >= 0.3 is 11.5 Å². The first-order valence-corrected chi connectivity index (χ1v) is 6.63. The number of carboxylic acid groups (broad SMARTS) is 1. The highest BCUT2D eigenvalue weighted by Gasteiger charge is 2.25. The number of amides is 1. The molecule has 116 valence electrons. The number of rotatable bonds is 4. The number of nitrogens with one attached hydrogen (secondary N) is 1. The number of hydrogen-bond donors (Lipinski definition) is 3. The molecule has 1 amide bonds. The number of nitrogens with two attached hydrogens (primary N) is 1. The second-order valence-corrected chi connectivity index (χ2v) is 4.39. The molecular weight excluding hydrogens is 288 g/mol. The number of piperidine rings is 1. The van der Waals surface area contributed by atoms with Gasteiger partial charge in [-0.25, -0.2) is 14.6 Å². The van der Waals surface area contributed by atoms with E-state index in [-0.39, 0.29) is 0 Å². The topological polar surface area (TPSA) is 120 Å². The summed E-state index contributed by atoms with van der Waals surface area (Å²) in [5, 5.41) is 18.4. The second-order valence-electron chi connectivity index (χ2n) is 4.08. The Morgan fingerprint density at radius 3 is 2.65 bits per heavy atom. The molecule has 9 heteroatoms. The van der Waals surface area contributed by atoms with Gasteiger partial charge in [-0.3, -0.25) is 5.41 Å². The number of hydrogen-bond acceptors (Lipinski definition) is 6. The number of halogens is 1. The van der Waals surface area contributed by atoms with Crippen LogP contribution in [-0.2, 0) is 4.74 Å².